The van der Waals surface area contributed by atoms with Crippen LogP contribution >= 0.6 is 11.6 Å². The molecule has 2 aromatic heterocycles. The van der Waals surface area contributed by atoms with Crippen LogP contribution in [-0.4, -0.2) is 66.2 Å². The summed E-state index contributed by atoms with van der Waals surface area (Å²) in [5.41, 5.74) is 2.74. The van der Waals surface area contributed by atoms with E-state index in [0.717, 1.165) is 47.7 Å². The number of halogens is 1. The van der Waals surface area contributed by atoms with Crippen molar-refractivity contribution in [3.8, 4) is 17.0 Å². The number of aromatic nitrogens is 3. The predicted octanol–water partition coefficient (Wildman–Crippen LogP) is 7.05. The molecular weight excluding hydrogens is 628 g/mol. The number of carbonyl (C=O) groups is 1. The summed E-state index contributed by atoms with van der Waals surface area (Å²) in [5, 5.41) is 4.43. The number of anilines is 2. The Balaban J connectivity index is 1.28. The van der Waals surface area contributed by atoms with E-state index >= 15 is 0 Å². The number of amides is 1. The summed E-state index contributed by atoms with van der Waals surface area (Å²) in [4.78, 5) is 28.0. The van der Waals surface area contributed by atoms with E-state index in [4.69, 9.17) is 26.1 Å². The maximum absolute atomic E-state index is 12.9. The molecular formula is C33H39ClN6O5S. The van der Waals surface area contributed by atoms with Gasteiger partial charge >= 0.3 is 6.09 Å². The molecule has 2 N–H and O–H groups in total. The Kier molecular flexibility index (Phi) is 9.59. The van der Waals surface area contributed by atoms with Crippen LogP contribution in [0, 0.1) is 6.92 Å². The number of hydrogen-bond acceptors (Lipinski definition) is 9. The second-order valence-corrected chi connectivity index (χ2v) is 14.5. The molecule has 11 nitrogen and oxygen atoms in total. The number of ether oxygens (including phenoxy) is 2. The third kappa shape index (κ3) is 7.61. The Morgan fingerprint density at radius 1 is 1.04 bits per heavy atom. The third-order valence-electron chi connectivity index (χ3n) is 7.86. The van der Waals surface area contributed by atoms with Gasteiger partial charge in [0, 0.05) is 36.3 Å². The first-order valence-electron chi connectivity index (χ1n) is 15.1. The molecule has 1 fully saturated rings. The highest BCUT2D eigenvalue weighted by Gasteiger charge is 2.29. The smallest absolute Gasteiger partial charge is 0.410 e. The fourth-order valence-electron chi connectivity index (χ4n) is 5.55. The molecule has 2 aromatic carbocycles. The van der Waals surface area contributed by atoms with Crippen molar-refractivity contribution < 1.29 is 22.7 Å². The quantitative estimate of drug-likeness (QED) is 0.203. The maximum Gasteiger partial charge on any atom is 0.410 e. The highest BCUT2D eigenvalue weighted by atomic mass is 35.5. The van der Waals surface area contributed by atoms with Gasteiger partial charge in [-0.15, -0.1) is 0 Å². The van der Waals surface area contributed by atoms with Crippen LogP contribution < -0.4 is 14.8 Å². The van der Waals surface area contributed by atoms with E-state index in [-0.39, 0.29) is 39.8 Å². The minimum atomic E-state index is -3.96. The molecule has 1 amide bonds. The number of carbonyl (C=O) groups excluding carboxylic acids is 1. The van der Waals surface area contributed by atoms with Crippen LogP contribution in [0.2, 0.25) is 5.02 Å². The molecule has 244 valence electrons. The standard InChI is InChI=1S/C33H39ClN6O5S/c1-20-17-21(25-15-16-28(37-30(25)44-6)39-46(42,43)27-10-8-7-9-26(27)34)18-22-19-35-31(38-29(20)22)36-23-11-13-24(14-12-23)40(5)32(41)45-33(2,3)4/h7-10,15-19,23-24H,11-14H2,1-6H3,(H,37,39)(H,35,36,38). The molecule has 0 saturated heterocycles. The summed E-state index contributed by atoms with van der Waals surface area (Å²) >= 11 is 6.11. The number of fused-ring (bicyclic) bond motifs is 1. The predicted molar refractivity (Wildman–Crippen MR) is 180 cm³/mol. The van der Waals surface area contributed by atoms with Crippen LogP contribution in [-0.2, 0) is 14.8 Å². The average molecular weight is 667 g/mol. The van der Waals surface area contributed by atoms with Crippen molar-refractivity contribution in [3.63, 3.8) is 0 Å². The number of nitrogens with one attached hydrogen (secondary N) is 2. The van der Waals surface area contributed by atoms with Crippen molar-refractivity contribution in [3.05, 3.63) is 65.3 Å². The van der Waals surface area contributed by atoms with Crippen molar-refractivity contribution in [2.24, 2.45) is 0 Å². The molecule has 0 unspecified atom stereocenters. The van der Waals surface area contributed by atoms with E-state index in [2.05, 4.69) is 20.0 Å². The van der Waals surface area contributed by atoms with Crippen molar-refractivity contribution in [2.45, 2.75) is 76.0 Å². The van der Waals surface area contributed by atoms with Crippen molar-refractivity contribution in [1.29, 1.82) is 0 Å². The van der Waals surface area contributed by atoms with Gasteiger partial charge in [0.05, 0.1) is 17.6 Å². The molecule has 0 aliphatic heterocycles. The lowest BCUT2D eigenvalue weighted by Crippen LogP contribution is -2.43. The summed E-state index contributed by atoms with van der Waals surface area (Å²) in [6.07, 6.45) is 4.98. The SMILES string of the molecule is COc1nc(NS(=O)(=O)c2ccccc2Cl)ccc1-c1cc(C)c2nc(NC3CCC(N(C)C(=O)OC(C)(C)C)CC3)ncc2c1. The molecule has 13 heteroatoms. The summed E-state index contributed by atoms with van der Waals surface area (Å²) in [6, 6.07) is 13.8. The molecule has 1 saturated carbocycles. The number of benzene rings is 2. The summed E-state index contributed by atoms with van der Waals surface area (Å²) in [6.45, 7) is 7.59. The first-order valence-corrected chi connectivity index (χ1v) is 16.9. The van der Waals surface area contributed by atoms with E-state index in [1.165, 1.54) is 19.2 Å². The minimum Gasteiger partial charge on any atom is -0.480 e. The Bertz CT molecular complexity index is 1860. The summed E-state index contributed by atoms with van der Waals surface area (Å²) in [5.74, 6) is 0.912. The van der Waals surface area contributed by atoms with Gasteiger partial charge in [0.2, 0.25) is 11.8 Å². The summed E-state index contributed by atoms with van der Waals surface area (Å²) < 4.78 is 39.4. The van der Waals surface area contributed by atoms with Gasteiger partial charge in [-0.25, -0.2) is 23.2 Å². The Morgan fingerprint density at radius 3 is 2.43 bits per heavy atom. The topological polar surface area (TPSA) is 136 Å². The zero-order valence-corrected chi connectivity index (χ0v) is 28.4. The number of nitrogens with zero attached hydrogens (tertiary/aromatic N) is 4. The fraction of sp³-hybridized carbons (Fsp3) is 0.394. The van der Waals surface area contributed by atoms with Crippen molar-refractivity contribution >= 4 is 50.4 Å². The number of pyridine rings is 1. The van der Waals surface area contributed by atoms with E-state index in [9.17, 15) is 13.2 Å². The second kappa shape index (κ2) is 13.3. The van der Waals surface area contributed by atoms with Gasteiger partial charge in [-0.3, -0.25) is 4.72 Å². The largest absolute Gasteiger partial charge is 0.480 e. The van der Waals surface area contributed by atoms with Crippen LogP contribution in [0.4, 0.5) is 16.6 Å². The number of hydrogen-bond donors (Lipinski definition) is 2. The molecule has 0 atom stereocenters. The van der Waals surface area contributed by atoms with Gasteiger partial charge in [-0.05, 0) is 101 Å². The van der Waals surface area contributed by atoms with Gasteiger partial charge in [-0.2, -0.15) is 4.98 Å². The minimum absolute atomic E-state index is 0.0426. The number of aryl methyl sites for hydroxylation is 1. The van der Waals surface area contributed by atoms with Crippen LogP contribution in [0.5, 0.6) is 5.88 Å². The van der Waals surface area contributed by atoms with Crippen LogP contribution in [0.25, 0.3) is 22.0 Å². The Hall–Kier alpha value is -4.16. The maximum atomic E-state index is 12.9. The highest BCUT2D eigenvalue weighted by Crippen LogP contribution is 2.34. The first-order chi connectivity index (χ1) is 21.7. The average Bonchev–Trinajstić information content (AvgIpc) is 3.00. The van der Waals surface area contributed by atoms with E-state index < -0.39 is 15.6 Å². The lowest BCUT2D eigenvalue weighted by atomic mass is 9.90. The van der Waals surface area contributed by atoms with Crippen molar-refractivity contribution in [2.75, 3.05) is 24.2 Å². The Morgan fingerprint density at radius 2 is 1.76 bits per heavy atom. The zero-order valence-electron chi connectivity index (χ0n) is 26.8. The molecule has 1 aliphatic rings. The molecule has 5 rings (SSSR count). The van der Waals surface area contributed by atoms with Crippen molar-refractivity contribution in [1.82, 2.24) is 19.9 Å². The van der Waals surface area contributed by atoms with Gasteiger partial charge in [0.1, 0.15) is 16.3 Å². The monoisotopic (exact) mass is 666 g/mol. The fourth-order valence-corrected chi connectivity index (χ4v) is 7.07. The van der Waals surface area contributed by atoms with Crippen LogP contribution in [0.3, 0.4) is 0 Å². The van der Waals surface area contributed by atoms with Crippen LogP contribution in [0.1, 0.15) is 52.0 Å². The number of rotatable bonds is 8. The van der Waals surface area contributed by atoms with E-state index in [0.29, 0.717) is 11.5 Å². The molecule has 1 aliphatic carbocycles. The van der Waals surface area contributed by atoms with E-state index in [1.807, 2.05) is 39.8 Å². The molecule has 0 radical (unpaired) electrons. The number of methoxy groups -OCH3 is 1. The second-order valence-electron chi connectivity index (χ2n) is 12.5. The van der Waals surface area contributed by atoms with Crippen LogP contribution in [0.15, 0.2) is 59.6 Å². The molecule has 4 aromatic rings. The summed E-state index contributed by atoms with van der Waals surface area (Å²) in [7, 11) is -0.669. The molecule has 0 spiro atoms. The van der Waals surface area contributed by atoms with E-state index in [1.54, 1.807) is 42.4 Å². The molecule has 2 heterocycles. The van der Waals surface area contributed by atoms with Gasteiger partial charge in [0.15, 0.2) is 0 Å². The first kappa shape index (κ1) is 33.2. The normalized spacial score (nSPS) is 16.9. The lowest BCUT2D eigenvalue weighted by Gasteiger charge is -2.35. The highest BCUT2D eigenvalue weighted by molar-refractivity contribution is 7.92. The number of sulfonamides is 1. The molecule has 46 heavy (non-hydrogen) atoms. The lowest BCUT2D eigenvalue weighted by molar-refractivity contribution is 0.0185. The third-order valence-corrected chi connectivity index (χ3v) is 9.72. The van der Waals surface area contributed by atoms with Gasteiger partial charge in [0.25, 0.3) is 10.0 Å². The Labute approximate surface area is 274 Å². The zero-order chi connectivity index (χ0) is 33.2. The molecule has 0 bridgehead atoms. The van der Waals surface area contributed by atoms with Gasteiger partial charge in [-0.1, -0.05) is 23.7 Å². The van der Waals surface area contributed by atoms with Gasteiger partial charge < -0.3 is 19.7 Å².